The monoisotopic (exact) mass is 352 g/mol. The minimum Gasteiger partial charge on any atom is -0.493 e. The number of likely N-dealkylation sites (N-methyl/N-ethyl adjacent to an activating group) is 2. The van der Waals surface area contributed by atoms with Gasteiger partial charge in [0.25, 0.3) is 0 Å². The predicted molar refractivity (Wildman–Crippen MR) is 113 cm³/mol. The lowest BCUT2D eigenvalue weighted by Crippen LogP contribution is -2.29. The molecule has 0 spiro atoms. The van der Waals surface area contributed by atoms with Gasteiger partial charge in [-0.3, -0.25) is 0 Å². The summed E-state index contributed by atoms with van der Waals surface area (Å²) in [5.41, 5.74) is 2.32. The first kappa shape index (κ1) is 20.2. The van der Waals surface area contributed by atoms with Gasteiger partial charge in [-0.05, 0) is 52.2 Å². The lowest BCUT2D eigenvalue weighted by molar-refractivity contribution is 0.259. The molecule has 0 aliphatic heterocycles. The van der Waals surface area contributed by atoms with Crippen LogP contribution in [0.25, 0.3) is 12.2 Å². The second-order valence-corrected chi connectivity index (χ2v) is 6.94. The maximum atomic E-state index is 6.03. The van der Waals surface area contributed by atoms with Crippen LogP contribution in [-0.2, 0) is 0 Å². The van der Waals surface area contributed by atoms with Crippen molar-refractivity contribution >= 4 is 12.2 Å². The Morgan fingerprint density at radius 3 is 2.27 bits per heavy atom. The molecule has 2 rings (SSSR count). The van der Waals surface area contributed by atoms with Gasteiger partial charge >= 0.3 is 0 Å². The molecule has 0 aliphatic carbocycles. The second kappa shape index (κ2) is 11.5. The van der Waals surface area contributed by atoms with E-state index in [1.54, 1.807) is 0 Å². The molecule has 0 saturated heterocycles. The lowest BCUT2D eigenvalue weighted by atomic mass is 10.1. The summed E-state index contributed by atoms with van der Waals surface area (Å²) in [6.07, 6.45) is 6.48. The first-order chi connectivity index (χ1) is 12.6. The molecule has 0 saturated carbocycles. The summed E-state index contributed by atoms with van der Waals surface area (Å²) in [7, 11) is 6.42. The SMILES string of the molecule is CN(C)CCN(C)CCCCOc1ccccc1/C=C/c1ccccc1. The fourth-order valence-electron chi connectivity index (χ4n) is 2.65. The van der Waals surface area contributed by atoms with E-state index in [0.29, 0.717) is 0 Å². The fraction of sp³-hybridized carbons (Fsp3) is 0.391. The molecule has 3 nitrogen and oxygen atoms in total. The highest BCUT2D eigenvalue weighted by molar-refractivity contribution is 5.72. The number of rotatable bonds is 11. The molecule has 0 atom stereocenters. The largest absolute Gasteiger partial charge is 0.493 e. The predicted octanol–water partition coefficient (Wildman–Crippen LogP) is 4.51. The topological polar surface area (TPSA) is 15.7 Å². The van der Waals surface area contributed by atoms with Crippen molar-refractivity contribution in [3.8, 4) is 5.75 Å². The zero-order valence-corrected chi connectivity index (χ0v) is 16.4. The summed E-state index contributed by atoms with van der Waals surface area (Å²) in [5.74, 6) is 0.959. The molecule has 0 heterocycles. The minimum atomic E-state index is 0.762. The molecule has 3 heteroatoms. The van der Waals surface area contributed by atoms with Crippen LogP contribution >= 0.6 is 0 Å². The third kappa shape index (κ3) is 7.85. The average Bonchev–Trinajstić information content (AvgIpc) is 2.66. The molecule has 26 heavy (non-hydrogen) atoms. The zero-order valence-electron chi connectivity index (χ0n) is 16.4. The third-order valence-electron chi connectivity index (χ3n) is 4.29. The highest BCUT2D eigenvalue weighted by atomic mass is 16.5. The Hall–Kier alpha value is -2.10. The summed E-state index contributed by atoms with van der Waals surface area (Å²) in [6.45, 7) is 4.10. The molecule has 0 amide bonds. The summed E-state index contributed by atoms with van der Waals surface area (Å²) in [4.78, 5) is 4.61. The lowest BCUT2D eigenvalue weighted by Gasteiger charge is -2.19. The molecule has 0 aromatic heterocycles. The summed E-state index contributed by atoms with van der Waals surface area (Å²) in [5, 5.41) is 0. The summed E-state index contributed by atoms with van der Waals surface area (Å²) in [6, 6.07) is 18.6. The molecule has 0 unspecified atom stereocenters. The molecule has 0 N–H and O–H groups in total. The van der Waals surface area contributed by atoms with E-state index in [4.69, 9.17) is 4.74 Å². The van der Waals surface area contributed by atoms with E-state index >= 15 is 0 Å². The first-order valence-corrected chi connectivity index (χ1v) is 9.43. The average molecular weight is 353 g/mol. The van der Waals surface area contributed by atoms with Crippen molar-refractivity contribution in [2.75, 3.05) is 47.4 Å². The van der Waals surface area contributed by atoms with Crippen LogP contribution in [0.2, 0.25) is 0 Å². The molecular weight excluding hydrogens is 320 g/mol. The Kier molecular flexibility index (Phi) is 8.94. The van der Waals surface area contributed by atoms with Crippen molar-refractivity contribution < 1.29 is 4.74 Å². The fourth-order valence-corrected chi connectivity index (χ4v) is 2.65. The van der Waals surface area contributed by atoms with Crippen LogP contribution in [0.5, 0.6) is 5.75 Å². The van der Waals surface area contributed by atoms with Crippen LogP contribution in [0.3, 0.4) is 0 Å². The van der Waals surface area contributed by atoms with E-state index in [1.165, 1.54) is 5.56 Å². The highest BCUT2D eigenvalue weighted by Crippen LogP contribution is 2.21. The summed E-state index contributed by atoms with van der Waals surface area (Å²) >= 11 is 0. The Bertz CT molecular complexity index is 652. The van der Waals surface area contributed by atoms with Crippen LogP contribution in [0.15, 0.2) is 54.6 Å². The van der Waals surface area contributed by atoms with E-state index < -0.39 is 0 Å². The van der Waals surface area contributed by atoms with Gasteiger partial charge in [-0.15, -0.1) is 0 Å². The van der Waals surface area contributed by atoms with Crippen molar-refractivity contribution in [2.45, 2.75) is 12.8 Å². The van der Waals surface area contributed by atoms with Gasteiger partial charge in [-0.25, -0.2) is 0 Å². The molecular formula is C23H32N2O. The van der Waals surface area contributed by atoms with Gasteiger partial charge < -0.3 is 14.5 Å². The van der Waals surface area contributed by atoms with E-state index in [9.17, 15) is 0 Å². The normalized spacial score (nSPS) is 11.6. The van der Waals surface area contributed by atoms with Crippen LogP contribution in [0.4, 0.5) is 0 Å². The Morgan fingerprint density at radius 1 is 0.769 bits per heavy atom. The van der Waals surface area contributed by atoms with Gasteiger partial charge in [0, 0.05) is 18.7 Å². The zero-order chi connectivity index (χ0) is 18.6. The van der Waals surface area contributed by atoms with Gasteiger partial charge in [0.1, 0.15) is 5.75 Å². The van der Waals surface area contributed by atoms with Crippen molar-refractivity contribution in [3.63, 3.8) is 0 Å². The van der Waals surface area contributed by atoms with Crippen molar-refractivity contribution in [2.24, 2.45) is 0 Å². The van der Waals surface area contributed by atoms with Crippen molar-refractivity contribution in [1.29, 1.82) is 0 Å². The number of hydrogen-bond donors (Lipinski definition) is 0. The number of nitrogens with zero attached hydrogens (tertiary/aromatic N) is 2. The number of unbranched alkanes of at least 4 members (excludes halogenated alkanes) is 1. The molecule has 0 aliphatic rings. The van der Waals surface area contributed by atoms with Crippen LogP contribution in [-0.4, -0.2) is 57.2 Å². The number of benzene rings is 2. The smallest absolute Gasteiger partial charge is 0.126 e. The van der Waals surface area contributed by atoms with E-state index in [0.717, 1.165) is 50.4 Å². The van der Waals surface area contributed by atoms with Gasteiger partial charge in [-0.1, -0.05) is 60.7 Å². The van der Waals surface area contributed by atoms with Crippen molar-refractivity contribution in [1.82, 2.24) is 9.80 Å². The van der Waals surface area contributed by atoms with Gasteiger partial charge in [-0.2, -0.15) is 0 Å². The van der Waals surface area contributed by atoms with E-state index in [-0.39, 0.29) is 0 Å². The third-order valence-corrected chi connectivity index (χ3v) is 4.29. The van der Waals surface area contributed by atoms with Crippen LogP contribution in [0, 0.1) is 0 Å². The quantitative estimate of drug-likeness (QED) is 0.437. The Balaban J connectivity index is 1.75. The maximum absolute atomic E-state index is 6.03. The highest BCUT2D eigenvalue weighted by Gasteiger charge is 2.02. The standard InChI is InChI=1S/C23H32N2O/c1-24(2)18-19-25(3)17-9-10-20-26-23-14-8-7-13-22(23)16-15-21-11-5-4-6-12-21/h4-8,11-16H,9-10,17-20H2,1-3H3/b16-15+. The van der Waals surface area contributed by atoms with Gasteiger partial charge in [0.15, 0.2) is 0 Å². The summed E-state index contributed by atoms with van der Waals surface area (Å²) < 4.78 is 6.03. The Morgan fingerprint density at radius 2 is 1.50 bits per heavy atom. The van der Waals surface area contributed by atoms with Gasteiger partial charge in [0.2, 0.25) is 0 Å². The van der Waals surface area contributed by atoms with E-state index in [2.05, 4.69) is 79.5 Å². The Labute approximate surface area is 158 Å². The van der Waals surface area contributed by atoms with Crippen molar-refractivity contribution in [3.05, 3.63) is 65.7 Å². The number of para-hydroxylation sites is 1. The first-order valence-electron chi connectivity index (χ1n) is 9.43. The molecule has 140 valence electrons. The number of hydrogen-bond acceptors (Lipinski definition) is 3. The van der Waals surface area contributed by atoms with Crippen LogP contribution in [0.1, 0.15) is 24.0 Å². The molecule has 0 bridgehead atoms. The van der Waals surface area contributed by atoms with E-state index in [1.807, 2.05) is 18.2 Å². The number of ether oxygens (including phenoxy) is 1. The van der Waals surface area contributed by atoms with Crippen LogP contribution < -0.4 is 4.74 Å². The second-order valence-electron chi connectivity index (χ2n) is 6.94. The minimum absolute atomic E-state index is 0.762. The maximum Gasteiger partial charge on any atom is 0.126 e. The molecule has 0 fully saturated rings. The van der Waals surface area contributed by atoms with Gasteiger partial charge in [0.05, 0.1) is 6.61 Å². The molecule has 2 aromatic carbocycles. The molecule has 0 radical (unpaired) electrons. The molecule has 2 aromatic rings.